The Kier molecular flexibility index (Phi) is 7.75. The van der Waals surface area contributed by atoms with E-state index in [2.05, 4.69) is 10.6 Å². The lowest BCUT2D eigenvalue weighted by atomic mass is 9.70. The molecule has 3 aliphatic rings. The number of nitrogens with zero attached hydrogens (tertiary/aromatic N) is 1. The monoisotopic (exact) mass is 547 g/mol. The number of likely N-dealkylation sites (tertiary alicyclic amines) is 1. The summed E-state index contributed by atoms with van der Waals surface area (Å²) in [4.78, 5) is 79.5. The van der Waals surface area contributed by atoms with Crippen LogP contribution in [-0.2, 0) is 28.8 Å². The van der Waals surface area contributed by atoms with Crippen molar-refractivity contribution >= 4 is 35.3 Å². The summed E-state index contributed by atoms with van der Waals surface area (Å²) in [5.74, 6) is -5.73. The maximum atomic E-state index is 14.1. The Morgan fingerprint density at radius 1 is 1.08 bits per heavy atom. The molecule has 0 aromatic rings. The standard InChI is InChI=1S/C28H45N5O6/c1-25(2,3)12-17(34)32-19(26(4,5)6)24(39)33-13-16-27(7,8)28(16,20(33)22(30)37)15(18(35)21(29)36)11-14-9-10-31-23(14)38/h14-16,19-20H,9-13H2,1-8H3,(H2,29,36)(H2,30,37)(H,31,38)(H,32,34)/t14-,15-,16?,19-,20?,28?/m1/s1. The molecule has 3 unspecified atom stereocenters. The number of hydrogen-bond acceptors (Lipinski definition) is 6. The van der Waals surface area contributed by atoms with E-state index < -0.39 is 63.7 Å². The zero-order valence-electron chi connectivity index (χ0n) is 24.5. The number of hydrogen-bond donors (Lipinski definition) is 4. The summed E-state index contributed by atoms with van der Waals surface area (Å²) in [7, 11) is 0. The van der Waals surface area contributed by atoms with Crippen LogP contribution < -0.4 is 22.1 Å². The average molecular weight is 548 g/mol. The quantitative estimate of drug-likeness (QED) is 0.305. The molecule has 2 saturated heterocycles. The summed E-state index contributed by atoms with van der Waals surface area (Å²) in [5, 5.41) is 5.62. The first kappa shape index (κ1) is 30.6. The third-order valence-corrected chi connectivity index (χ3v) is 9.10. The topological polar surface area (TPSA) is 182 Å². The number of ketones is 1. The van der Waals surface area contributed by atoms with E-state index in [-0.39, 0.29) is 42.5 Å². The highest BCUT2D eigenvalue weighted by molar-refractivity contribution is 6.36. The third kappa shape index (κ3) is 5.28. The fourth-order valence-corrected chi connectivity index (χ4v) is 7.27. The second-order valence-corrected chi connectivity index (χ2v) is 14.4. The molecule has 11 nitrogen and oxygen atoms in total. The van der Waals surface area contributed by atoms with Crippen LogP contribution in [-0.4, -0.2) is 65.4 Å². The highest BCUT2D eigenvalue weighted by Crippen LogP contribution is 2.78. The van der Waals surface area contributed by atoms with Crippen molar-refractivity contribution in [1.29, 1.82) is 0 Å². The normalized spacial score (nSPS) is 29.2. The van der Waals surface area contributed by atoms with Gasteiger partial charge in [-0.05, 0) is 35.0 Å². The highest BCUT2D eigenvalue weighted by Gasteiger charge is 2.84. The number of carbonyl (C=O) groups excluding carboxylic acids is 6. The molecule has 0 aromatic carbocycles. The van der Waals surface area contributed by atoms with Crippen LogP contribution in [0.15, 0.2) is 0 Å². The zero-order chi connectivity index (χ0) is 29.9. The lowest BCUT2D eigenvalue weighted by Crippen LogP contribution is -2.61. The summed E-state index contributed by atoms with van der Waals surface area (Å²) < 4.78 is 0. The second-order valence-electron chi connectivity index (χ2n) is 14.4. The molecule has 3 fully saturated rings. The van der Waals surface area contributed by atoms with Gasteiger partial charge in [-0.1, -0.05) is 55.4 Å². The van der Waals surface area contributed by atoms with Crippen molar-refractivity contribution in [2.24, 2.45) is 50.9 Å². The summed E-state index contributed by atoms with van der Waals surface area (Å²) in [6.45, 7) is 15.6. The van der Waals surface area contributed by atoms with Gasteiger partial charge < -0.3 is 27.0 Å². The highest BCUT2D eigenvalue weighted by atomic mass is 16.2. The van der Waals surface area contributed by atoms with Gasteiger partial charge in [0.1, 0.15) is 12.1 Å². The first-order chi connectivity index (χ1) is 17.7. The number of piperidine rings is 1. The second kappa shape index (κ2) is 9.89. The molecule has 1 aliphatic carbocycles. The van der Waals surface area contributed by atoms with E-state index >= 15 is 0 Å². The van der Waals surface area contributed by atoms with E-state index in [1.807, 2.05) is 55.4 Å². The number of Topliss-reactive ketones (excluding diaryl/α,β-unsaturated/α-hetero) is 1. The molecule has 1 saturated carbocycles. The molecule has 3 rings (SSSR count). The minimum atomic E-state index is -1.22. The van der Waals surface area contributed by atoms with Gasteiger partial charge in [-0.3, -0.25) is 28.8 Å². The van der Waals surface area contributed by atoms with Crippen molar-refractivity contribution in [1.82, 2.24) is 15.5 Å². The van der Waals surface area contributed by atoms with Gasteiger partial charge in [0.05, 0.1) is 0 Å². The smallest absolute Gasteiger partial charge is 0.285 e. The number of nitrogens with two attached hydrogens (primary N) is 2. The number of rotatable bonds is 9. The maximum Gasteiger partial charge on any atom is 0.285 e. The molecule has 6 atom stereocenters. The Bertz CT molecular complexity index is 1090. The van der Waals surface area contributed by atoms with Crippen LogP contribution in [0.3, 0.4) is 0 Å². The molecule has 0 bridgehead atoms. The van der Waals surface area contributed by atoms with Gasteiger partial charge >= 0.3 is 0 Å². The Morgan fingerprint density at radius 2 is 1.67 bits per heavy atom. The maximum absolute atomic E-state index is 14.1. The van der Waals surface area contributed by atoms with Crippen molar-refractivity contribution in [2.75, 3.05) is 13.1 Å². The van der Waals surface area contributed by atoms with Gasteiger partial charge in [0.2, 0.25) is 29.4 Å². The van der Waals surface area contributed by atoms with Crippen molar-refractivity contribution in [3.8, 4) is 0 Å². The SMILES string of the molecule is CC(C)(C)CC(=O)N[C@H](C(=O)N1CC2C(C)(C)C2([C@H](C[C@H]2CCNC2=O)C(=O)C(N)=O)C1C(N)=O)C(C)(C)C. The van der Waals surface area contributed by atoms with Gasteiger partial charge in [-0.15, -0.1) is 0 Å². The summed E-state index contributed by atoms with van der Waals surface area (Å²) >= 11 is 0. The Morgan fingerprint density at radius 3 is 2.10 bits per heavy atom. The Balaban J connectivity index is 2.04. The largest absolute Gasteiger partial charge is 0.368 e. The molecule has 5 amide bonds. The van der Waals surface area contributed by atoms with Gasteiger partial charge in [0.25, 0.3) is 5.91 Å². The molecule has 2 heterocycles. The minimum absolute atomic E-state index is 0.0321. The lowest BCUT2D eigenvalue weighted by molar-refractivity contribution is -0.149. The number of primary amides is 2. The molecule has 2 aliphatic heterocycles. The van der Waals surface area contributed by atoms with Crippen LogP contribution in [0.1, 0.15) is 74.7 Å². The molecule has 0 spiro atoms. The molecular formula is C28H45N5O6. The van der Waals surface area contributed by atoms with E-state index in [0.29, 0.717) is 13.0 Å². The van der Waals surface area contributed by atoms with Crippen LogP contribution in [0.25, 0.3) is 0 Å². The number of nitrogens with one attached hydrogen (secondary N) is 2. The van der Waals surface area contributed by atoms with E-state index in [4.69, 9.17) is 11.5 Å². The minimum Gasteiger partial charge on any atom is -0.368 e. The van der Waals surface area contributed by atoms with Crippen LogP contribution in [0, 0.1) is 39.4 Å². The zero-order valence-corrected chi connectivity index (χ0v) is 24.5. The van der Waals surface area contributed by atoms with Gasteiger partial charge in [0, 0.05) is 36.8 Å². The van der Waals surface area contributed by atoms with E-state index in [9.17, 15) is 28.8 Å². The third-order valence-electron chi connectivity index (χ3n) is 9.10. The molecule has 11 heteroatoms. The predicted octanol–water partition coefficient (Wildman–Crippen LogP) is 0.489. The first-order valence-corrected chi connectivity index (χ1v) is 13.7. The van der Waals surface area contributed by atoms with E-state index in [0.717, 1.165) is 0 Å². The van der Waals surface area contributed by atoms with Crippen LogP contribution in [0.4, 0.5) is 0 Å². The van der Waals surface area contributed by atoms with Gasteiger partial charge in [-0.2, -0.15) is 0 Å². The summed E-state index contributed by atoms with van der Waals surface area (Å²) in [5.41, 5.74) is 8.63. The van der Waals surface area contributed by atoms with Gasteiger partial charge in [0.15, 0.2) is 0 Å². The molecular weight excluding hydrogens is 502 g/mol. The van der Waals surface area contributed by atoms with Crippen molar-refractivity contribution in [3.05, 3.63) is 0 Å². The number of carbonyl (C=O) groups is 6. The summed E-state index contributed by atoms with van der Waals surface area (Å²) in [6.07, 6.45) is 0.715. The number of fused-ring (bicyclic) bond motifs is 1. The van der Waals surface area contributed by atoms with Crippen molar-refractivity contribution in [3.63, 3.8) is 0 Å². The molecule has 0 aromatic heterocycles. The average Bonchev–Trinajstić information content (AvgIpc) is 3.11. The Hall–Kier alpha value is -2.98. The van der Waals surface area contributed by atoms with Crippen LogP contribution in [0.2, 0.25) is 0 Å². The lowest BCUT2D eigenvalue weighted by Gasteiger charge is -2.41. The van der Waals surface area contributed by atoms with Crippen LogP contribution in [0.5, 0.6) is 0 Å². The molecule has 218 valence electrons. The van der Waals surface area contributed by atoms with Crippen molar-refractivity contribution < 1.29 is 28.8 Å². The van der Waals surface area contributed by atoms with Crippen molar-refractivity contribution in [2.45, 2.75) is 86.7 Å². The predicted molar refractivity (Wildman–Crippen MR) is 143 cm³/mol. The van der Waals surface area contributed by atoms with E-state index in [1.54, 1.807) is 0 Å². The summed E-state index contributed by atoms with van der Waals surface area (Å²) in [6, 6.07) is -2.18. The number of amides is 5. The first-order valence-electron chi connectivity index (χ1n) is 13.7. The van der Waals surface area contributed by atoms with Crippen LogP contribution >= 0.6 is 0 Å². The van der Waals surface area contributed by atoms with E-state index in [1.165, 1.54) is 4.90 Å². The molecule has 0 radical (unpaired) electrons. The molecule has 6 N–H and O–H groups in total. The Labute approximate surface area is 230 Å². The van der Waals surface area contributed by atoms with Gasteiger partial charge in [-0.25, -0.2) is 0 Å². The fourth-order valence-electron chi connectivity index (χ4n) is 7.27. The molecule has 39 heavy (non-hydrogen) atoms. The fraction of sp³-hybridized carbons (Fsp3) is 0.786.